The number of hydrogen-bond donors (Lipinski definition) is 0. The SMILES string of the molecule is CCCN(Cc1ccccc1)CN1C(=O)CC2(CCCC2)C1=O. The summed E-state index contributed by atoms with van der Waals surface area (Å²) >= 11 is 0. The highest BCUT2D eigenvalue weighted by molar-refractivity contribution is 6.06. The predicted octanol–water partition coefficient (Wildman–Crippen LogP) is 3.18. The van der Waals surface area contributed by atoms with Gasteiger partial charge in [0.15, 0.2) is 0 Å². The monoisotopic (exact) mass is 314 g/mol. The Morgan fingerprint density at radius 1 is 1.13 bits per heavy atom. The molecular formula is C19H26N2O2. The normalized spacial score (nSPS) is 20.2. The van der Waals surface area contributed by atoms with E-state index in [0.29, 0.717) is 13.1 Å². The van der Waals surface area contributed by atoms with E-state index in [4.69, 9.17) is 0 Å². The van der Waals surface area contributed by atoms with E-state index in [2.05, 4.69) is 24.0 Å². The van der Waals surface area contributed by atoms with Crippen LogP contribution in [-0.4, -0.2) is 34.8 Å². The first kappa shape index (κ1) is 16.2. The van der Waals surface area contributed by atoms with Crippen molar-refractivity contribution in [1.82, 2.24) is 9.80 Å². The van der Waals surface area contributed by atoms with Gasteiger partial charge in [0, 0.05) is 13.0 Å². The Morgan fingerprint density at radius 3 is 2.48 bits per heavy atom. The Hall–Kier alpha value is -1.68. The minimum absolute atomic E-state index is 0.0195. The Kier molecular flexibility index (Phi) is 4.81. The van der Waals surface area contributed by atoms with Crippen molar-refractivity contribution in [3.63, 3.8) is 0 Å². The molecule has 1 aromatic carbocycles. The number of hydrogen-bond acceptors (Lipinski definition) is 3. The smallest absolute Gasteiger partial charge is 0.237 e. The fourth-order valence-electron chi connectivity index (χ4n) is 4.00. The number of nitrogens with zero attached hydrogens (tertiary/aromatic N) is 2. The average molecular weight is 314 g/mol. The molecule has 2 amide bonds. The molecule has 0 aromatic heterocycles. The second-order valence-corrected chi connectivity index (χ2v) is 6.97. The van der Waals surface area contributed by atoms with Crippen LogP contribution in [0.4, 0.5) is 0 Å². The Balaban J connectivity index is 1.70. The van der Waals surface area contributed by atoms with Gasteiger partial charge in [0.2, 0.25) is 11.8 Å². The minimum Gasteiger partial charge on any atom is -0.281 e. The van der Waals surface area contributed by atoms with E-state index >= 15 is 0 Å². The maximum Gasteiger partial charge on any atom is 0.237 e. The van der Waals surface area contributed by atoms with Gasteiger partial charge in [0.05, 0.1) is 12.1 Å². The van der Waals surface area contributed by atoms with Crippen LogP contribution in [0.3, 0.4) is 0 Å². The lowest BCUT2D eigenvalue weighted by atomic mass is 9.85. The van der Waals surface area contributed by atoms with Crippen LogP contribution < -0.4 is 0 Å². The van der Waals surface area contributed by atoms with Crippen LogP contribution in [0.25, 0.3) is 0 Å². The zero-order valence-electron chi connectivity index (χ0n) is 14.0. The van der Waals surface area contributed by atoms with E-state index in [1.807, 2.05) is 18.2 Å². The maximum absolute atomic E-state index is 12.8. The summed E-state index contributed by atoms with van der Waals surface area (Å²) in [7, 11) is 0. The van der Waals surface area contributed by atoms with E-state index in [1.165, 1.54) is 10.5 Å². The van der Waals surface area contributed by atoms with Gasteiger partial charge in [-0.3, -0.25) is 19.4 Å². The lowest BCUT2D eigenvalue weighted by molar-refractivity contribution is -0.144. The van der Waals surface area contributed by atoms with Crippen molar-refractivity contribution in [2.24, 2.45) is 5.41 Å². The molecule has 1 saturated carbocycles. The summed E-state index contributed by atoms with van der Waals surface area (Å²) in [5.41, 5.74) is 0.859. The fourth-order valence-corrected chi connectivity index (χ4v) is 4.00. The third-order valence-electron chi connectivity index (χ3n) is 5.18. The highest BCUT2D eigenvalue weighted by Crippen LogP contribution is 2.46. The summed E-state index contributed by atoms with van der Waals surface area (Å²) in [5, 5.41) is 0. The second kappa shape index (κ2) is 6.83. The summed E-state index contributed by atoms with van der Waals surface area (Å²) in [6.45, 7) is 4.23. The van der Waals surface area contributed by atoms with Gasteiger partial charge in [-0.15, -0.1) is 0 Å². The van der Waals surface area contributed by atoms with Crippen LogP contribution in [0.5, 0.6) is 0 Å². The van der Waals surface area contributed by atoms with Gasteiger partial charge in [-0.25, -0.2) is 0 Å². The van der Waals surface area contributed by atoms with Crippen molar-refractivity contribution in [3.05, 3.63) is 35.9 Å². The molecule has 124 valence electrons. The predicted molar refractivity (Wildman–Crippen MR) is 89.4 cm³/mol. The molecule has 0 bridgehead atoms. The summed E-state index contributed by atoms with van der Waals surface area (Å²) in [6, 6.07) is 10.2. The van der Waals surface area contributed by atoms with Crippen molar-refractivity contribution >= 4 is 11.8 Å². The van der Waals surface area contributed by atoms with Crippen LogP contribution in [0, 0.1) is 5.41 Å². The lowest BCUT2D eigenvalue weighted by Crippen LogP contribution is -2.43. The van der Waals surface area contributed by atoms with Crippen molar-refractivity contribution in [2.45, 2.75) is 52.0 Å². The molecule has 0 atom stereocenters. The highest BCUT2D eigenvalue weighted by Gasteiger charge is 2.52. The number of likely N-dealkylation sites (tertiary alicyclic amines) is 1. The number of rotatable bonds is 6. The number of amides is 2. The first-order chi connectivity index (χ1) is 11.1. The van der Waals surface area contributed by atoms with Gasteiger partial charge in [0.1, 0.15) is 0 Å². The van der Waals surface area contributed by atoms with E-state index in [-0.39, 0.29) is 17.2 Å². The maximum atomic E-state index is 12.8. The van der Waals surface area contributed by atoms with Crippen LogP contribution in [-0.2, 0) is 16.1 Å². The molecule has 1 heterocycles. The Labute approximate surface area is 138 Å². The minimum atomic E-state index is -0.359. The molecule has 1 aliphatic heterocycles. The largest absolute Gasteiger partial charge is 0.281 e. The number of carbonyl (C=O) groups is 2. The molecule has 4 nitrogen and oxygen atoms in total. The molecule has 2 aliphatic rings. The van der Waals surface area contributed by atoms with Gasteiger partial charge >= 0.3 is 0 Å². The Bertz CT molecular complexity index is 564. The lowest BCUT2D eigenvalue weighted by Gasteiger charge is -2.28. The van der Waals surface area contributed by atoms with Crippen molar-refractivity contribution < 1.29 is 9.59 Å². The molecule has 3 rings (SSSR count). The molecule has 0 radical (unpaired) electrons. The molecule has 1 aliphatic carbocycles. The van der Waals surface area contributed by atoms with Gasteiger partial charge < -0.3 is 0 Å². The zero-order valence-corrected chi connectivity index (χ0v) is 14.0. The topological polar surface area (TPSA) is 40.6 Å². The average Bonchev–Trinajstić information content (AvgIpc) is 3.10. The first-order valence-electron chi connectivity index (χ1n) is 8.76. The molecule has 1 spiro atoms. The van der Waals surface area contributed by atoms with Crippen LogP contribution in [0.2, 0.25) is 0 Å². The molecule has 0 N–H and O–H groups in total. The summed E-state index contributed by atoms with van der Waals surface area (Å²) < 4.78 is 0. The standard InChI is InChI=1S/C19H26N2O2/c1-2-12-20(14-16-8-4-3-5-9-16)15-21-17(22)13-19(18(21)23)10-6-7-11-19/h3-5,8-9H,2,6-7,10-15H2,1H3. The second-order valence-electron chi connectivity index (χ2n) is 6.97. The molecule has 1 saturated heterocycles. The van der Waals surface area contributed by atoms with Crippen LogP contribution in [0.15, 0.2) is 30.3 Å². The van der Waals surface area contributed by atoms with E-state index in [1.54, 1.807) is 0 Å². The van der Waals surface area contributed by atoms with Crippen molar-refractivity contribution in [1.29, 1.82) is 0 Å². The van der Waals surface area contributed by atoms with E-state index in [0.717, 1.165) is 45.2 Å². The number of imide groups is 1. The van der Waals surface area contributed by atoms with Crippen LogP contribution in [0.1, 0.15) is 51.0 Å². The zero-order chi connectivity index (χ0) is 16.3. The van der Waals surface area contributed by atoms with E-state index in [9.17, 15) is 9.59 Å². The van der Waals surface area contributed by atoms with Gasteiger partial charge in [-0.05, 0) is 31.4 Å². The number of benzene rings is 1. The Morgan fingerprint density at radius 2 is 1.83 bits per heavy atom. The van der Waals surface area contributed by atoms with Crippen LogP contribution >= 0.6 is 0 Å². The van der Waals surface area contributed by atoms with E-state index < -0.39 is 0 Å². The van der Waals surface area contributed by atoms with Gasteiger partial charge in [-0.2, -0.15) is 0 Å². The highest BCUT2D eigenvalue weighted by atomic mass is 16.2. The van der Waals surface area contributed by atoms with Crippen molar-refractivity contribution in [2.75, 3.05) is 13.2 Å². The summed E-state index contributed by atoms with van der Waals surface area (Å²) in [5.74, 6) is 0.0974. The molecular weight excluding hydrogens is 288 g/mol. The van der Waals surface area contributed by atoms with Gasteiger partial charge in [-0.1, -0.05) is 50.1 Å². The van der Waals surface area contributed by atoms with Crippen molar-refractivity contribution in [3.8, 4) is 0 Å². The summed E-state index contributed by atoms with van der Waals surface area (Å²) in [4.78, 5) is 29.0. The molecule has 23 heavy (non-hydrogen) atoms. The first-order valence-corrected chi connectivity index (χ1v) is 8.76. The van der Waals surface area contributed by atoms with Gasteiger partial charge in [0.25, 0.3) is 0 Å². The fraction of sp³-hybridized carbons (Fsp3) is 0.579. The molecule has 1 aromatic rings. The quantitative estimate of drug-likeness (QED) is 0.757. The molecule has 4 heteroatoms. The molecule has 2 fully saturated rings. The third-order valence-corrected chi connectivity index (χ3v) is 5.18. The number of carbonyl (C=O) groups excluding carboxylic acids is 2. The summed E-state index contributed by atoms with van der Waals surface area (Å²) in [6.07, 6.45) is 5.37. The molecule has 0 unspecified atom stereocenters. The third kappa shape index (κ3) is 3.32.